The van der Waals surface area contributed by atoms with Gasteiger partial charge in [0.1, 0.15) is 5.00 Å². The number of nitrogens with two attached hydrogens (primary N) is 1. The molecule has 106 valence electrons. The Bertz CT molecular complexity index is 579. The van der Waals surface area contributed by atoms with E-state index < -0.39 is 29.6 Å². The molecule has 1 aliphatic rings. The van der Waals surface area contributed by atoms with E-state index >= 15 is 0 Å². The Balaban J connectivity index is 2.15. The monoisotopic (exact) mass is 294 g/mol. The Morgan fingerprint density at radius 1 is 1.25 bits per heavy atom. The van der Waals surface area contributed by atoms with E-state index in [1.165, 1.54) is 17.4 Å². The second-order valence-electron chi connectivity index (χ2n) is 4.51. The molecule has 0 saturated heterocycles. The number of amides is 2. The molecular formula is C13H14N2O4S. The van der Waals surface area contributed by atoms with E-state index in [1.54, 1.807) is 17.5 Å². The van der Waals surface area contributed by atoms with Gasteiger partial charge >= 0.3 is 5.97 Å². The maximum atomic E-state index is 12.2. The Labute approximate surface area is 119 Å². The average molecular weight is 294 g/mol. The highest BCUT2D eigenvalue weighted by Crippen LogP contribution is 2.29. The van der Waals surface area contributed by atoms with Crippen LogP contribution >= 0.6 is 11.3 Å². The number of hydrogen-bond donors (Lipinski definition) is 3. The number of carboxylic acid groups (broad SMARTS) is 1. The second-order valence-corrected chi connectivity index (χ2v) is 5.43. The van der Waals surface area contributed by atoms with Crippen molar-refractivity contribution in [3.05, 3.63) is 29.2 Å². The molecule has 1 aromatic heterocycles. The minimum atomic E-state index is -0.990. The Kier molecular flexibility index (Phi) is 4.19. The first-order valence-corrected chi connectivity index (χ1v) is 6.94. The van der Waals surface area contributed by atoms with Crippen LogP contribution in [0.2, 0.25) is 0 Å². The summed E-state index contributed by atoms with van der Waals surface area (Å²) in [5.74, 6) is -3.39. The molecule has 1 aromatic rings. The van der Waals surface area contributed by atoms with E-state index in [0.717, 1.165) is 0 Å². The fraction of sp³-hybridized carbons (Fsp3) is 0.308. The van der Waals surface area contributed by atoms with Crippen LogP contribution in [-0.2, 0) is 9.59 Å². The van der Waals surface area contributed by atoms with E-state index in [9.17, 15) is 14.4 Å². The van der Waals surface area contributed by atoms with E-state index in [0.29, 0.717) is 17.8 Å². The number of thiophene rings is 1. The fourth-order valence-electron chi connectivity index (χ4n) is 2.18. The number of allylic oxidation sites excluding steroid dienone is 2. The van der Waals surface area contributed by atoms with Crippen LogP contribution in [0.1, 0.15) is 23.2 Å². The number of primary amides is 1. The van der Waals surface area contributed by atoms with Crippen molar-refractivity contribution in [2.45, 2.75) is 12.8 Å². The van der Waals surface area contributed by atoms with Gasteiger partial charge in [-0.1, -0.05) is 12.2 Å². The Hall–Kier alpha value is -2.15. The number of nitrogens with one attached hydrogen (secondary N) is 1. The number of carboxylic acids is 1. The van der Waals surface area contributed by atoms with Crippen LogP contribution in [-0.4, -0.2) is 22.9 Å². The summed E-state index contributed by atoms with van der Waals surface area (Å²) in [7, 11) is 0. The zero-order chi connectivity index (χ0) is 14.7. The van der Waals surface area contributed by atoms with E-state index in [4.69, 9.17) is 10.8 Å². The summed E-state index contributed by atoms with van der Waals surface area (Å²) in [5.41, 5.74) is 5.44. The lowest BCUT2D eigenvalue weighted by Gasteiger charge is -2.24. The Morgan fingerprint density at radius 3 is 2.50 bits per heavy atom. The smallest absolute Gasteiger partial charge is 0.307 e. The summed E-state index contributed by atoms with van der Waals surface area (Å²) in [4.78, 5) is 34.5. The third-order valence-electron chi connectivity index (χ3n) is 3.25. The van der Waals surface area contributed by atoms with Gasteiger partial charge in [-0.15, -0.1) is 11.3 Å². The molecule has 0 fully saturated rings. The standard InChI is InChI=1S/C13H14N2O4S/c14-10(16)9-5-6-20-12(9)15-11(17)7-3-1-2-4-8(7)13(18)19/h1-2,5-8H,3-4H2,(H2,14,16)(H,15,17)(H,18,19)/t7-,8-/m0/s1. The zero-order valence-electron chi connectivity index (χ0n) is 10.5. The number of carbonyl (C=O) groups is 3. The Morgan fingerprint density at radius 2 is 1.90 bits per heavy atom. The molecule has 0 spiro atoms. The van der Waals surface area contributed by atoms with Crippen LogP contribution < -0.4 is 11.1 Å². The third-order valence-corrected chi connectivity index (χ3v) is 4.08. The summed E-state index contributed by atoms with van der Waals surface area (Å²) >= 11 is 1.18. The summed E-state index contributed by atoms with van der Waals surface area (Å²) in [6, 6.07) is 1.53. The molecule has 1 aliphatic carbocycles. The maximum absolute atomic E-state index is 12.2. The second kappa shape index (κ2) is 5.87. The normalized spacial score (nSPS) is 21.4. The predicted octanol–water partition coefficient (Wildman–Crippen LogP) is 1.45. The van der Waals surface area contributed by atoms with E-state index in [1.807, 2.05) is 0 Å². The number of hydrogen-bond acceptors (Lipinski definition) is 4. The lowest BCUT2D eigenvalue weighted by atomic mass is 9.82. The zero-order valence-corrected chi connectivity index (χ0v) is 11.4. The van der Waals surface area contributed by atoms with Crippen LogP contribution in [0.25, 0.3) is 0 Å². The van der Waals surface area contributed by atoms with Gasteiger partial charge in [-0.2, -0.15) is 0 Å². The number of aliphatic carboxylic acids is 1. The first kappa shape index (κ1) is 14.3. The molecule has 0 unspecified atom stereocenters. The summed E-state index contributed by atoms with van der Waals surface area (Å²) in [5, 5.41) is 13.8. The third kappa shape index (κ3) is 2.88. The summed E-state index contributed by atoms with van der Waals surface area (Å²) in [6.07, 6.45) is 4.27. The first-order chi connectivity index (χ1) is 9.50. The maximum Gasteiger partial charge on any atom is 0.307 e. The number of carbonyl (C=O) groups excluding carboxylic acids is 2. The van der Waals surface area contributed by atoms with Crippen LogP contribution in [0, 0.1) is 11.8 Å². The molecule has 2 rings (SSSR count). The molecule has 7 heteroatoms. The average Bonchev–Trinajstić information content (AvgIpc) is 2.87. The molecule has 0 radical (unpaired) electrons. The highest BCUT2D eigenvalue weighted by molar-refractivity contribution is 7.14. The van der Waals surface area contributed by atoms with Gasteiger partial charge in [0.15, 0.2) is 0 Å². The van der Waals surface area contributed by atoms with Gasteiger partial charge in [0.05, 0.1) is 17.4 Å². The molecule has 0 aliphatic heterocycles. The molecule has 4 N–H and O–H groups in total. The summed E-state index contributed by atoms with van der Waals surface area (Å²) < 4.78 is 0. The largest absolute Gasteiger partial charge is 0.481 e. The topological polar surface area (TPSA) is 109 Å². The van der Waals surface area contributed by atoms with Crippen LogP contribution in [0.5, 0.6) is 0 Å². The fourth-order valence-corrected chi connectivity index (χ4v) is 2.98. The SMILES string of the molecule is NC(=O)c1ccsc1NC(=O)[C@H]1CC=CC[C@@H]1C(=O)O. The van der Waals surface area contributed by atoms with Gasteiger partial charge < -0.3 is 16.2 Å². The first-order valence-electron chi connectivity index (χ1n) is 6.06. The molecule has 6 nitrogen and oxygen atoms in total. The van der Waals surface area contributed by atoms with Gasteiger partial charge in [-0.05, 0) is 24.3 Å². The van der Waals surface area contributed by atoms with Crippen molar-refractivity contribution in [1.82, 2.24) is 0 Å². The van der Waals surface area contributed by atoms with Gasteiger partial charge in [0, 0.05) is 0 Å². The van der Waals surface area contributed by atoms with Crippen LogP contribution in [0.15, 0.2) is 23.6 Å². The van der Waals surface area contributed by atoms with Crippen molar-refractivity contribution in [2.24, 2.45) is 17.6 Å². The van der Waals surface area contributed by atoms with Gasteiger partial charge in [-0.25, -0.2) is 0 Å². The van der Waals surface area contributed by atoms with Crippen molar-refractivity contribution < 1.29 is 19.5 Å². The molecule has 1 heterocycles. The van der Waals surface area contributed by atoms with Crippen LogP contribution in [0.4, 0.5) is 5.00 Å². The van der Waals surface area contributed by atoms with Crippen molar-refractivity contribution in [3.8, 4) is 0 Å². The molecule has 0 bridgehead atoms. The molecular weight excluding hydrogens is 280 g/mol. The number of anilines is 1. The van der Waals surface area contributed by atoms with Crippen molar-refractivity contribution in [3.63, 3.8) is 0 Å². The molecule has 0 saturated carbocycles. The molecule has 0 aromatic carbocycles. The molecule has 2 amide bonds. The van der Waals surface area contributed by atoms with E-state index in [2.05, 4.69) is 5.32 Å². The highest BCUT2D eigenvalue weighted by atomic mass is 32.1. The predicted molar refractivity (Wildman–Crippen MR) is 74.5 cm³/mol. The lowest BCUT2D eigenvalue weighted by molar-refractivity contribution is -0.146. The number of rotatable bonds is 4. The van der Waals surface area contributed by atoms with Gasteiger partial charge in [0.25, 0.3) is 5.91 Å². The van der Waals surface area contributed by atoms with Gasteiger partial charge in [-0.3, -0.25) is 14.4 Å². The van der Waals surface area contributed by atoms with Crippen molar-refractivity contribution >= 4 is 34.1 Å². The highest BCUT2D eigenvalue weighted by Gasteiger charge is 2.34. The quantitative estimate of drug-likeness (QED) is 0.730. The lowest BCUT2D eigenvalue weighted by Crippen LogP contribution is -2.34. The van der Waals surface area contributed by atoms with Gasteiger partial charge in [0.2, 0.25) is 5.91 Å². The minimum absolute atomic E-state index is 0.238. The minimum Gasteiger partial charge on any atom is -0.481 e. The van der Waals surface area contributed by atoms with Crippen molar-refractivity contribution in [2.75, 3.05) is 5.32 Å². The van der Waals surface area contributed by atoms with Crippen molar-refractivity contribution in [1.29, 1.82) is 0 Å². The van der Waals surface area contributed by atoms with Crippen LogP contribution in [0.3, 0.4) is 0 Å². The summed E-state index contributed by atoms with van der Waals surface area (Å²) in [6.45, 7) is 0. The molecule has 2 atom stereocenters. The molecule has 20 heavy (non-hydrogen) atoms. The van der Waals surface area contributed by atoms with E-state index in [-0.39, 0.29) is 5.56 Å².